The smallest absolute Gasteiger partial charge is 0.148 e. The average molecular weight is 540 g/mol. The summed E-state index contributed by atoms with van der Waals surface area (Å²) in [4.78, 5) is 5.32. The molecule has 0 saturated heterocycles. The normalized spacial score (nSPS) is 12.4. The summed E-state index contributed by atoms with van der Waals surface area (Å²) >= 11 is 1.89. The number of fused-ring (bicyclic) bond motifs is 16. The molecule has 4 heteroatoms. The van der Waals surface area contributed by atoms with Gasteiger partial charge in [0.25, 0.3) is 0 Å². The van der Waals surface area contributed by atoms with Crippen LogP contribution in [0.25, 0.3) is 86.0 Å². The van der Waals surface area contributed by atoms with E-state index < -0.39 is 0 Å². The van der Waals surface area contributed by atoms with Gasteiger partial charge in [-0.15, -0.1) is 11.3 Å². The van der Waals surface area contributed by atoms with Gasteiger partial charge in [-0.2, -0.15) is 0 Å². The summed E-state index contributed by atoms with van der Waals surface area (Å²) in [5, 5.41) is 8.85. The Morgan fingerprint density at radius 1 is 0.488 bits per heavy atom. The molecule has 41 heavy (non-hydrogen) atoms. The first kappa shape index (κ1) is 21.6. The maximum absolute atomic E-state index is 5.32. The molecule has 0 aliphatic heterocycles. The Morgan fingerprint density at radius 2 is 1.20 bits per heavy atom. The van der Waals surface area contributed by atoms with Gasteiger partial charge in [0.1, 0.15) is 5.65 Å². The van der Waals surface area contributed by atoms with Crippen LogP contribution in [-0.2, 0) is 0 Å². The van der Waals surface area contributed by atoms with E-state index in [4.69, 9.17) is 4.98 Å². The van der Waals surface area contributed by atoms with Crippen molar-refractivity contribution in [3.8, 4) is 5.69 Å². The van der Waals surface area contributed by atoms with Gasteiger partial charge in [-0.1, -0.05) is 84.9 Å². The van der Waals surface area contributed by atoms with Crippen LogP contribution in [0.3, 0.4) is 0 Å². The molecule has 6 aromatic carbocycles. The minimum Gasteiger partial charge on any atom is -0.308 e. The SMILES string of the molecule is c1ccc(-n2c3ccccc3c3ccc4c5c6sc7ccccc7c6ccc5n5c6ccccc6nc5c4c32)cc1. The van der Waals surface area contributed by atoms with Gasteiger partial charge in [-0.3, -0.25) is 4.40 Å². The fourth-order valence-electron chi connectivity index (χ4n) is 7.00. The van der Waals surface area contributed by atoms with Gasteiger partial charge >= 0.3 is 0 Å². The summed E-state index contributed by atoms with van der Waals surface area (Å²) in [7, 11) is 0. The molecule has 3 nitrogen and oxygen atoms in total. The Morgan fingerprint density at radius 3 is 2.10 bits per heavy atom. The van der Waals surface area contributed by atoms with Crippen LogP contribution in [0.1, 0.15) is 0 Å². The molecular weight excluding hydrogens is 518 g/mol. The number of hydrogen-bond donors (Lipinski definition) is 0. The summed E-state index contributed by atoms with van der Waals surface area (Å²) in [5.41, 5.74) is 7.90. The lowest BCUT2D eigenvalue weighted by Gasteiger charge is -2.14. The maximum atomic E-state index is 5.32. The number of nitrogens with zero attached hydrogens (tertiary/aromatic N) is 3. The Balaban J connectivity index is 1.57. The van der Waals surface area contributed by atoms with Crippen LogP contribution in [0.15, 0.2) is 127 Å². The van der Waals surface area contributed by atoms with Crippen LogP contribution in [-0.4, -0.2) is 14.0 Å². The number of rotatable bonds is 1. The third-order valence-corrected chi connectivity index (χ3v) is 9.87. The predicted octanol–water partition coefficient (Wildman–Crippen LogP) is 10.3. The Labute approximate surface area is 238 Å². The molecule has 0 N–H and O–H groups in total. The lowest BCUT2D eigenvalue weighted by atomic mass is 10.0. The molecular formula is C37H21N3S. The molecule has 0 aliphatic rings. The first-order valence-electron chi connectivity index (χ1n) is 13.9. The Bertz CT molecular complexity index is 2690. The van der Waals surface area contributed by atoms with E-state index in [2.05, 4.69) is 136 Å². The van der Waals surface area contributed by atoms with Crippen molar-refractivity contribution in [1.29, 1.82) is 0 Å². The van der Waals surface area contributed by atoms with Crippen molar-refractivity contribution in [3.63, 3.8) is 0 Å². The zero-order valence-corrected chi connectivity index (χ0v) is 22.7. The number of hydrogen-bond acceptors (Lipinski definition) is 2. The monoisotopic (exact) mass is 539 g/mol. The van der Waals surface area contributed by atoms with Crippen molar-refractivity contribution in [3.05, 3.63) is 127 Å². The van der Waals surface area contributed by atoms with Crippen LogP contribution in [0.2, 0.25) is 0 Å². The fraction of sp³-hybridized carbons (Fsp3) is 0. The van der Waals surface area contributed by atoms with Gasteiger partial charge in [0.15, 0.2) is 0 Å². The first-order valence-corrected chi connectivity index (χ1v) is 14.7. The van der Waals surface area contributed by atoms with E-state index in [9.17, 15) is 0 Å². The van der Waals surface area contributed by atoms with Crippen molar-refractivity contribution >= 4 is 91.7 Å². The standard InChI is InChI=1S/C37H21N3S/c1-2-10-22(11-3-1)39-29-15-7-4-12-23(29)25-18-19-27-33-31(21-20-26-24-13-5-9-17-32(24)41-36(26)33)40-30-16-8-6-14-28(30)38-37(40)34(27)35(25)39/h1-21H. The molecule has 4 heterocycles. The predicted molar refractivity (Wildman–Crippen MR) is 175 cm³/mol. The molecule has 0 unspecified atom stereocenters. The molecule has 10 aromatic rings. The summed E-state index contributed by atoms with van der Waals surface area (Å²) in [6.45, 7) is 0. The van der Waals surface area contributed by atoms with E-state index in [1.807, 2.05) is 11.3 Å². The minimum atomic E-state index is 1.000. The summed E-state index contributed by atoms with van der Waals surface area (Å²) in [6, 6.07) is 46.1. The van der Waals surface area contributed by atoms with E-state index in [1.165, 1.54) is 63.7 Å². The highest BCUT2D eigenvalue weighted by atomic mass is 32.1. The summed E-state index contributed by atoms with van der Waals surface area (Å²) in [6.07, 6.45) is 0. The quantitative estimate of drug-likeness (QED) is 0.190. The van der Waals surface area contributed by atoms with Crippen LogP contribution >= 0.6 is 11.3 Å². The van der Waals surface area contributed by atoms with Crippen molar-refractivity contribution < 1.29 is 0 Å². The second-order valence-corrected chi connectivity index (χ2v) is 11.8. The number of thiophene rings is 1. The van der Waals surface area contributed by atoms with E-state index >= 15 is 0 Å². The number of imidazole rings is 1. The van der Waals surface area contributed by atoms with Crippen LogP contribution in [0, 0.1) is 0 Å². The molecule has 190 valence electrons. The van der Waals surface area contributed by atoms with E-state index in [0.29, 0.717) is 0 Å². The highest BCUT2D eigenvalue weighted by molar-refractivity contribution is 7.26. The Kier molecular flexibility index (Phi) is 4.07. The van der Waals surface area contributed by atoms with Gasteiger partial charge in [-0.25, -0.2) is 4.98 Å². The van der Waals surface area contributed by atoms with Gasteiger partial charge < -0.3 is 4.57 Å². The highest BCUT2D eigenvalue weighted by Gasteiger charge is 2.22. The zero-order valence-electron chi connectivity index (χ0n) is 21.9. The first-order chi connectivity index (χ1) is 20.4. The van der Waals surface area contributed by atoms with Gasteiger partial charge in [-0.05, 0) is 47.9 Å². The zero-order chi connectivity index (χ0) is 26.7. The molecule has 0 radical (unpaired) electrons. The molecule has 0 aliphatic carbocycles. The molecule has 0 fully saturated rings. The largest absolute Gasteiger partial charge is 0.308 e. The third kappa shape index (κ3) is 2.70. The molecule has 0 bridgehead atoms. The maximum Gasteiger partial charge on any atom is 0.148 e. The van der Waals surface area contributed by atoms with Gasteiger partial charge in [0.2, 0.25) is 0 Å². The van der Waals surface area contributed by atoms with E-state index in [0.717, 1.165) is 22.4 Å². The minimum absolute atomic E-state index is 1.000. The summed E-state index contributed by atoms with van der Waals surface area (Å²) in [5.74, 6) is 0. The molecule has 0 amide bonds. The number of benzene rings is 6. The van der Waals surface area contributed by atoms with Crippen molar-refractivity contribution in [2.75, 3.05) is 0 Å². The number of para-hydroxylation sites is 4. The van der Waals surface area contributed by atoms with Crippen molar-refractivity contribution in [1.82, 2.24) is 14.0 Å². The molecule has 10 rings (SSSR count). The van der Waals surface area contributed by atoms with Crippen LogP contribution < -0.4 is 0 Å². The second kappa shape index (κ2) is 7.72. The molecule has 0 spiro atoms. The van der Waals surface area contributed by atoms with Gasteiger partial charge in [0.05, 0.1) is 33.0 Å². The average Bonchev–Trinajstić information content (AvgIpc) is 3.71. The molecule has 4 aromatic heterocycles. The van der Waals surface area contributed by atoms with E-state index in [-0.39, 0.29) is 0 Å². The van der Waals surface area contributed by atoms with Crippen molar-refractivity contribution in [2.24, 2.45) is 0 Å². The van der Waals surface area contributed by atoms with Crippen LogP contribution in [0.5, 0.6) is 0 Å². The summed E-state index contributed by atoms with van der Waals surface area (Å²) < 4.78 is 7.47. The fourth-order valence-corrected chi connectivity index (χ4v) is 8.26. The van der Waals surface area contributed by atoms with Crippen LogP contribution in [0.4, 0.5) is 0 Å². The lowest BCUT2D eigenvalue weighted by molar-refractivity contribution is 1.18. The molecule has 0 saturated carbocycles. The van der Waals surface area contributed by atoms with Gasteiger partial charge in [0, 0.05) is 42.0 Å². The number of pyridine rings is 1. The second-order valence-electron chi connectivity index (χ2n) is 10.8. The van der Waals surface area contributed by atoms with Crippen molar-refractivity contribution in [2.45, 2.75) is 0 Å². The highest BCUT2D eigenvalue weighted by Crippen LogP contribution is 2.46. The Hall–Kier alpha value is -5.19. The third-order valence-electron chi connectivity index (χ3n) is 8.67. The topological polar surface area (TPSA) is 22.2 Å². The van der Waals surface area contributed by atoms with E-state index in [1.54, 1.807) is 0 Å². The lowest BCUT2D eigenvalue weighted by Crippen LogP contribution is -1.97. The molecule has 0 atom stereocenters. The number of aromatic nitrogens is 3.